The van der Waals surface area contributed by atoms with Gasteiger partial charge in [0.1, 0.15) is 25.0 Å². The zero-order chi connectivity index (χ0) is 18.4. The minimum absolute atomic E-state index is 0.258. The topological polar surface area (TPSA) is 143 Å². The van der Waals surface area contributed by atoms with Gasteiger partial charge in [0, 0.05) is 27.7 Å². The van der Waals surface area contributed by atoms with E-state index in [9.17, 15) is 19.2 Å². The van der Waals surface area contributed by atoms with Crippen LogP contribution >= 0.6 is 0 Å². The maximum absolute atomic E-state index is 11.4. The molecule has 0 aromatic rings. The van der Waals surface area contributed by atoms with Gasteiger partial charge in [0.15, 0.2) is 12.2 Å². The fraction of sp³-hybridized carbons (Fsp3) is 0.714. The molecule has 1 heterocycles. The molecule has 0 radical (unpaired) electrons. The van der Waals surface area contributed by atoms with E-state index in [2.05, 4.69) is 5.32 Å². The predicted octanol–water partition coefficient (Wildman–Crippen LogP) is -1.40. The molecule has 0 aromatic carbocycles. The smallest absolute Gasteiger partial charge is 0.303 e. The number of amides is 1. The van der Waals surface area contributed by atoms with Crippen LogP contribution in [0.1, 0.15) is 27.7 Å². The summed E-state index contributed by atoms with van der Waals surface area (Å²) in [4.78, 5) is 45.2. The number of carbonyl (C=O) groups is 4. The molecule has 0 spiro atoms. The van der Waals surface area contributed by atoms with Crippen molar-refractivity contribution in [3.63, 3.8) is 0 Å². The summed E-state index contributed by atoms with van der Waals surface area (Å²) < 4.78 is 20.7. The van der Waals surface area contributed by atoms with Gasteiger partial charge in [0.05, 0.1) is 0 Å². The molecule has 3 unspecified atom stereocenters. The Morgan fingerprint density at radius 3 is 1.96 bits per heavy atom. The molecule has 24 heavy (non-hydrogen) atoms. The Morgan fingerprint density at radius 2 is 1.50 bits per heavy atom. The highest BCUT2D eigenvalue weighted by atomic mass is 16.6. The summed E-state index contributed by atoms with van der Waals surface area (Å²) in [6.45, 7) is 4.52. The first-order chi connectivity index (χ1) is 11.1. The molecule has 0 aromatic heterocycles. The molecule has 10 heteroatoms. The fourth-order valence-corrected chi connectivity index (χ4v) is 2.37. The van der Waals surface area contributed by atoms with Gasteiger partial charge in [-0.15, -0.1) is 0 Å². The van der Waals surface area contributed by atoms with E-state index in [1.807, 2.05) is 0 Å². The molecule has 0 saturated carbocycles. The van der Waals surface area contributed by atoms with Crippen LogP contribution in [0.25, 0.3) is 0 Å². The van der Waals surface area contributed by atoms with Crippen LogP contribution in [0.4, 0.5) is 0 Å². The third-order valence-electron chi connectivity index (χ3n) is 3.15. The molecular formula is C14H22N2O8. The highest BCUT2D eigenvalue weighted by Crippen LogP contribution is 2.25. The van der Waals surface area contributed by atoms with Crippen molar-refractivity contribution in [3.05, 3.63) is 0 Å². The quantitative estimate of drug-likeness (QED) is 0.454. The Balaban J connectivity index is 3.11. The molecule has 5 atom stereocenters. The Hall–Kier alpha value is -2.20. The van der Waals surface area contributed by atoms with E-state index in [-0.39, 0.29) is 6.61 Å². The van der Waals surface area contributed by atoms with Gasteiger partial charge in [-0.3, -0.25) is 19.2 Å². The van der Waals surface area contributed by atoms with Crippen molar-refractivity contribution >= 4 is 23.8 Å². The summed E-state index contributed by atoms with van der Waals surface area (Å²) in [5, 5.41) is 2.51. The minimum Gasteiger partial charge on any atom is -0.463 e. The van der Waals surface area contributed by atoms with Crippen molar-refractivity contribution in [2.75, 3.05) is 6.61 Å². The van der Waals surface area contributed by atoms with E-state index in [4.69, 9.17) is 24.7 Å². The fourth-order valence-electron chi connectivity index (χ4n) is 2.37. The Labute approximate surface area is 138 Å². The van der Waals surface area contributed by atoms with E-state index < -0.39 is 54.4 Å². The van der Waals surface area contributed by atoms with Crippen molar-refractivity contribution in [2.24, 2.45) is 5.73 Å². The average molecular weight is 346 g/mol. The molecule has 1 amide bonds. The van der Waals surface area contributed by atoms with E-state index in [1.54, 1.807) is 0 Å². The van der Waals surface area contributed by atoms with Crippen LogP contribution < -0.4 is 11.1 Å². The van der Waals surface area contributed by atoms with Crippen LogP contribution in [-0.4, -0.2) is 61.0 Å². The minimum atomic E-state index is -1.11. The summed E-state index contributed by atoms with van der Waals surface area (Å²) in [5.41, 5.74) is 5.87. The van der Waals surface area contributed by atoms with Crippen LogP contribution in [0, 0.1) is 0 Å². The lowest BCUT2D eigenvalue weighted by atomic mass is 9.95. The molecular weight excluding hydrogens is 324 g/mol. The summed E-state index contributed by atoms with van der Waals surface area (Å²) in [6.07, 6.45) is -4.23. The van der Waals surface area contributed by atoms with E-state index >= 15 is 0 Å². The molecule has 3 N–H and O–H groups in total. The maximum atomic E-state index is 11.4. The van der Waals surface area contributed by atoms with Gasteiger partial charge in [-0.25, -0.2) is 0 Å². The Morgan fingerprint density at radius 1 is 0.958 bits per heavy atom. The van der Waals surface area contributed by atoms with Gasteiger partial charge in [0.2, 0.25) is 5.91 Å². The largest absolute Gasteiger partial charge is 0.463 e. The van der Waals surface area contributed by atoms with Crippen molar-refractivity contribution in [1.82, 2.24) is 5.32 Å². The molecule has 136 valence electrons. The Kier molecular flexibility index (Phi) is 7.11. The van der Waals surface area contributed by atoms with Crippen molar-refractivity contribution in [2.45, 2.75) is 58.3 Å². The first-order valence-electron chi connectivity index (χ1n) is 7.27. The van der Waals surface area contributed by atoms with Crippen molar-refractivity contribution in [3.8, 4) is 0 Å². The van der Waals surface area contributed by atoms with Crippen LogP contribution in [0.5, 0.6) is 0 Å². The van der Waals surface area contributed by atoms with E-state index in [0.29, 0.717) is 0 Å². The molecule has 1 aliphatic heterocycles. The SMILES string of the molecule is CC(=O)NC1C(OC(C)=O)[C@H](OC(C)=O)C(COC(C)=O)O[C@H]1N. The number of ether oxygens (including phenoxy) is 4. The second kappa shape index (κ2) is 8.60. The summed E-state index contributed by atoms with van der Waals surface area (Å²) in [5.74, 6) is -2.32. The number of rotatable bonds is 5. The number of hydrogen-bond acceptors (Lipinski definition) is 9. The van der Waals surface area contributed by atoms with Crippen LogP contribution in [-0.2, 0) is 38.1 Å². The number of nitrogens with two attached hydrogens (primary N) is 1. The van der Waals surface area contributed by atoms with Crippen LogP contribution in [0.3, 0.4) is 0 Å². The number of nitrogens with one attached hydrogen (secondary N) is 1. The van der Waals surface area contributed by atoms with Gasteiger partial charge in [-0.2, -0.15) is 0 Å². The number of hydrogen-bond donors (Lipinski definition) is 2. The molecule has 0 aliphatic carbocycles. The first-order valence-corrected chi connectivity index (χ1v) is 7.27. The second-order valence-corrected chi connectivity index (χ2v) is 5.32. The highest BCUT2D eigenvalue weighted by molar-refractivity contribution is 5.73. The summed E-state index contributed by atoms with van der Waals surface area (Å²) in [6, 6.07) is -0.940. The lowest BCUT2D eigenvalue weighted by Gasteiger charge is -2.44. The zero-order valence-corrected chi connectivity index (χ0v) is 13.9. The van der Waals surface area contributed by atoms with Gasteiger partial charge in [-0.05, 0) is 0 Å². The third kappa shape index (κ3) is 5.78. The average Bonchev–Trinajstić information content (AvgIpc) is 2.42. The maximum Gasteiger partial charge on any atom is 0.303 e. The van der Waals surface area contributed by atoms with E-state index in [0.717, 1.165) is 13.8 Å². The van der Waals surface area contributed by atoms with Crippen LogP contribution in [0.2, 0.25) is 0 Å². The van der Waals surface area contributed by atoms with Gasteiger partial charge in [0.25, 0.3) is 0 Å². The second-order valence-electron chi connectivity index (χ2n) is 5.32. The molecule has 10 nitrogen and oxygen atoms in total. The standard InChI is InChI=1S/C14H22N2O8/c1-6(17)16-11-13(23-9(4)20)12(22-8(3)19)10(24-14(11)15)5-21-7(2)18/h10-14H,5,15H2,1-4H3,(H,16,17)/t10?,11?,12-,13?,14-/m1/s1. The normalized spacial score (nSPS) is 29.3. The molecule has 1 aliphatic rings. The lowest BCUT2D eigenvalue weighted by molar-refractivity contribution is -0.222. The van der Waals surface area contributed by atoms with Gasteiger partial charge in [-0.1, -0.05) is 0 Å². The Bertz CT molecular complexity index is 509. The summed E-state index contributed by atoms with van der Waals surface area (Å²) >= 11 is 0. The monoisotopic (exact) mass is 346 g/mol. The molecule has 1 rings (SSSR count). The lowest BCUT2D eigenvalue weighted by Crippen LogP contribution is -2.68. The van der Waals surface area contributed by atoms with Crippen LogP contribution in [0.15, 0.2) is 0 Å². The first kappa shape index (κ1) is 19.8. The van der Waals surface area contributed by atoms with Gasteiger partial charge < -0.3 is 30.0 Å². The number of esters is 3. The summed E-state index contributed by atoms with van der Waals surface area (Å²) in [7, 11) is 0. The third-order valence-corrected chi connectivity index (χ3v) is 3.15. The number of carbonyl (C=O) groups excluding carboxylic acids is 4. The molecule has 1 saturated heterocycles. The van der Waals surface area contributed by atoms with Gasteiger partial charge >= 0.3 is 17.9 Å². The van der Waals surface area contributed by atoms with E-state index in [1.165, 1.54) is 13.8 Å². The van der Waals surface area contributed by atoms with Crippen molar-refractivity contribution < 1.29 is 38.1 Å². The predicted molar refractivity (Wildman–Crippen MR) is 78.2 cm³/mol. The molecule has 1 fully saturated rings. The highest BCUT2D eigenvalue weighted by Gasteiger charge is 2.49. The molecule has 0 bridgehead atoms. The van der Waals surface area contributed by atoms with Crippen molar-refractivity contribution in [1.29, 1.82) is 0 Å². The zero-order valence-electron chi connectivity index (χ0n) is 13.9.